The molecule has 0 aliphatic rings. The molecular formula is C17H13N3O3S. The molecule has 1 aromatic heterocycles. The number of hydrogen-bond acceptors (Lipinski definition) is 5. The highest BCUT2D eigenvalue weighted by molar-refractivity contribution is 7.89. The van der Waals surface area contributed by atoms with Crippen LogP contribution in [0.5, 0.6) is 0 Å². The van der Waals surface area contributed by atoms with E-state index in [4.69, 9.17) is 9.68 Å². The third kappa shape index (κ3) is 3.35. The fourth-order valence-electron chi connectivity index (χ4n) is 2.10. The molecule has 0 saturated heterocycles. The largest absolute Gasteiger partial charge is 0.422 e. The van der Waals surface area contributed by atoms with Crippen molar-refractivity contribution in [3.63, 3.8) is 0 Å². The number of rotatable bonds is 5. The van der Waals surface area contributed by atoms with Gasteiger partial charge in [-0.1, -0.05) is 48.5 Å². The number of nitriles is 1. The van der Waals surface area contributed by atoms with Crippen LogP contribution in [-0.4, -0.2) is 13.4 Å². The molecule has 7 heteroatoms. The Labute approximate surface area is 139 Å². The van der Waals surface area contributed by atoms with Crippen LogP contribution in [0.1, 0.15) is 11.3 Å². The van der Waals surface area contributed by atoms with Gasteiger partial charge in [0.25, 0.3) is 15.1 Å². The van der Waals surface area contributed by atoms with Gasteiger partial charge in [-0.2, -0.15) is 10.2 Å². The zero-order valence-electron chi connectivity index (χ0n) is 12.5. The summed E-state index contributed by atoms with van der Waals surface area (Å²) in [5.41, 5.74) is 1.12. The van der Waals surface area contributed by atoms with Crippen LogP contribution in [0.3, 0.4) is 0 Å². The first kappa shape index (κ1) is 15.9. The van der Waals surface area contributed by atoms with Crippen molar-refractivity contribution in [2.24, 2.45) is 0 Å². The highest BCUT2D eigenvalue weighted by Crippen LogP contribution is 2.24. The molecule has 0 bridgehead atoms. The number of nitrogens with one attached hydrogen (secondary N) is 1. The minimum absolute atomic E-state index is 0.0900. The average Bonchev–Trinajstić information content (AvgIpc) is 3.07. The monoisotopic (exact) mass is 339 g/mol. The van der Waals surface area contributed by atoms with Gasteiger partial charge in [-0.05, 0) is 17.7 Å². The Morgan fingerprint density at radius 1 is 1.04 bits per heavy atom. The fraction of sp³-hybridized carbons (Fsp3) is 0.0588. The van der Waals surface area contributed by atoms with E-state index in [2.05, 4.69) is 9.71 Å². The van der Waals surface area contributed by atoms with E-state index in [0.717, 1.165) is 5.56 Å². The summed E-state index contributed by atoms with van der Waals surface area (Å²) in [5, 5.41) is 8.69. The van der Waals surface area contributed by atoms with E-state index in [1.165, 1.54) is 0 Å². The van der Waals surface area contributed by atoms with E-state index in [1.807, 2.05) is 24.3 Å². The van der Waals surface area contributed by atoms with Gasteiger partial charge in [-0.25, -0.2) is 13.1 Å². The van der Waals surface area contributed by atoms with Crippen molar-refractivity contribution in [2.45, 2.75) is 11.6 Å². The van der Waals surface area contributed by atoms with Crippen LogP contribution in [0.2, 0.25) is 0 Å². The summed E-state index contributed by atoms with van der Waals surface area (Å²) in [6.45, 7) is 0.0927. The van der Waals surface area contributed by atoms with Crippen LogP contribution < -0.4 is 4.72 Å². The van der Waals surface area contributed by atoms with Gasteiger partial charge >= 0.3 is 0 Å². The first-order valence-corrected chi connectivity index (χ1v) is 8.58. The van der Waals surface area contributed by atoms with Crippen LogP contribution in [0.25, 0.3) is 11.5 Å². The molecule has 1 heterocycles. The summed E-state index contributed by atoms with van der Waals surface area (Å²) >= 11 is 0. The molecule has 0 radical (unpaired) electrons. The van der Waals surface area contributed by atoms with E-state index >= 15 is 0 Å². The molecule has 0 amide bonds. The molecule has 1 N–H and O–H groups in total. The second-order valence-electron chi connectivity index (χ2n) is 4.94. The standard InChI is InChI=1S/C17H13N3O3S/c18-11-15-17(23-16(20-15)14-9-5-2-6-10-14)24(21,22)19-12-13-7-3-1-4-8-13/h1-10,19H,12H2. The lowest BCUT2D eigenvalue weighted by atomic mass is 10.2. The Bertz CT molecular complexity index is 975. The van der Waals surface area contributed by atoms with Crippen molar-refractivity contribution in [1.29, 1.82) is 5.26 Å². The fourth-order valence-corrected chi connectivity index (χ4v) is 3.13. The summed E-state index contributed by atoms with van der Waals surface area (Å²) in [6, 6.07) is 19.6. The molecule has 0 aliphatic carbocycles. The topological polar surface area (TPSA) is 96.0 Å². The Morgan fingerprint density at radius 3 is 2.29 bits per heavy atom. The Hall–Kier alpha value is -2.95. The van der Waals surface area contributed by atoms with Gasteiger partial charge < -0.3 is 4.42 Å². The lowest BCUT2D eigenvalue weighted by Crippen LogP contribution is -2.23. The van der Waals surface area contributed by atoms with Crippen molar-refractivity contribution >= 4 is 10.0 Å². The number of sulfonamides is 1. The van der Waals surface area contributed by atoms with Crippen LogP contribution >= 0.6 is 0 Å². The third-order valence-electron chi connectivity index (χ3n) is 3.28. The molecule has 0 atom stereocenters. The maximum absolute atomic E-state index is 12.4. The highest BCUT2D eigenvalue weighted by atomic mass is 32.2. The number of nitrogens with zero attached hydrogens (tertiary/aromatic N) is 2. The van der Waals surface area contributed by atoms with Crippen molar-refractivity contribution in [3.8, 4) is 17.5 Å². The van der Waals surface area contributed by atoms with Gasteiger partial charge in [-0.3, -0.25) is 0 Å². The highest BCUT2D eigenvalue weighted by Gasteiger charge is 2.26. The third-order valence-corrected chi connectivity index (χ3v) is 4.57. The van der Waals surface area contributed by atoms with E-state index in [0.29, 0.717) is 5.56 Å². The van der Waals surface area contributed by atoms with Crippen LogP contribution in [0, 0.1) is 11.3 Å². The zero-order chi connectivity index (χ0) is 17.0. The lowest BCUT2D eigenvalue weighted by Gasteiger charge is -2.04. The quantitative estimate of drug-likeness (QED) is 0.771. The van der Waals surface area contributed by atoms with Gasteiger partial charge in [0.1, 0.15) is 6.07 Å². The van der Waals surface area contributed by atoms with Crippen molar-refractivity contribution < 1.29 is 12.8 Å². The normalized spacial score (nSPS) is 11.1. The molecular weight excluding hydrogens is 326 g/mol. The molecule has 3 rings (SSSR count). The molecule has 2 aromatic carbocycles. The Kier molecular flexibility index (Phi) is 4.42. The van der Waals surface area contributed by atoms with Crippen molar-refractivity contribution in [3.05, 3.63) is 71.9 Å². The maximum atomic E-state index is 12.4. The first-order valence-electron chi connectivity index (χ1n) is 7.10. The van der Waals surface area contributed by atoms with Gasteiger partial charge in [0.05, 0.1) is 0 Å². The maximum Gasteiger partial charge on any atom is 0.277 e. The molecule has 24 heavy (non-hydrogen) atoms. The van der Waals surface area contributed by atoms with E-state index < -0.39 is 15.1 Å². The smallest absolute Gasteiger partial charge is 0.277 e. The summed E-state index contributed by atoms with van der Waals surface area (Å²) in [7, 11) is -3.99. The Balaban J connectivity index is 1.90. The van der Waals surface area contributed by atoms with Crippen LogP contribution in [-0.2, 0) is 16.6 Å². The van der Waals surface area contributed by atoms with Crippen molar-refractivity contribution in [2.75, 3.05) is 0 Å². The predicted molar refractivity (Wildman–Crippen MR) is 87.1 cm³/mol. The summed E-state index contributed by atoms with van der Waals surface area (Å²) < 4.78 is 32.6. The molecule has 0 unspecified atom stereocenters. The molecule has 0 saturated carbocycles. The van der Waals surface area contributed by atoms with Gasteiger partial charge in [0.15, 0.2) is 5.69 Å². The zero-order valence-corrected chi connectivity index (χ0v) is 13.3. The number of oxazole rings is 1. The first-order chi connectivity index (χ1) is 11.6. The van der Waals surface area contributed by atoms with Crippen LogP contribution in [0.4, 0.5) is 0 Å². The summed E-state index contributed by atoms with van der Waals surface area (Å²) in [4.78, 5) is 3.97. The van der Waals surface area contributed by atoms with Gasteiger partial charge in [0, 0.05) is 12.1 Å². The minimum Gasteiger partial charge on any atom is -0.422 e. The Morgan fingerprint density at radius 2 is 1.67 bits per heavy atom. The van der Waals surface area contributed by atoms with Gasteiger partial charge in [-0.15, -0.1) is 0 Å². The average molecular weight is 339 g/mol. The second-order valence-corrected chi connectivity index (χ2v) is 6.61. The van der Waals surface area contributed by atoms with Gasteiger partial charge in [0.2, 0.25) is 5.89 Å². The van der Waals surface area contributed by atoms with Crippen LogP contribution in [0.15, 0.2) is 70.2 Å². The lowest BCUT2D eigenvalue weighted by molar-refractivity contribution is 0.452. The summed E-state index contributed by atoms with van der Waals surface area (Å²) in [5.74, 6) is 0.0900. The summed E-state index contributed by atoms with van der Waals surface area (Å²) in [6.07, 6.45) is 0. The minimum atomic E-state index is -3.99. The molecule has 120 valence electrons. The van der Waals surface area contributed by atoms with E-state index in [1.54, 1.807) is 42.5 Å². The number of benzene rings is 2. The molecule has 0 spiro atoms. The predicted octanol–water partition coefficient (Wildman–Crippen LogP) is 2.69. The SMILES string of the molecule is N#Cc1nc(-c2ccccc2)oc1S(=O)(=O)NCc1ccccc1. The second kappa shape index (κ2) is 6.66. The molecule has 6 nitrogen and oxygen atoms in total. The van der Waals surface area contributed by atoms with E-state index in [-0.39, 0.29) is 18.1 Å². The molecule has 0 aliphatic heterocycles. The molecule has 0 fully saturated rings. The van der Waals surface area contributed by atoms with Crippen molar-refractivity contribution in [1.82, 2.24) is 9.71 Å². The number of hydrogen-bond donors (Lipinski definition) is 1. The van der Waals surface area contributed by atoms with E-state index in [9.17, 15) is 8.42 Å². The molecule has 3 aromatic rings. The number of aromatic nitrogens is 1.